The zero-order chi connectivity index (χ0) is 29.5. The van der Waals surface area contributed by atoms with E-state index < -0.39 is 35.1 Å². The molecule has 3 atom stereocenters. The third kappa shape index (κ3) is 5.56. The third-order valence-corrected chi connectivity index (χ3v) is 8.44. The normalized spacial score (nSPS) is 24.1. The number of likely N-dealkylation sites (tertiary alicyclic amines) is 1. The van der Waals surface area contributed by atoms with Gasteiger partial charge >= 0.3 is 5.97 Å². The lowest BCUT2D eigenvalue weighted by atomic mass is 9.74. The number of benzene rings is 2. The zero-order valence-electron chi connectivity index (χ0n) is 22.4. The maximum absolute atomic E-state index is 16.4. The third-order valence-electron chi connectivity index (χ3n) is 8.07. The molecule has 2 amide bonds. The Balaban J connectivity index is 1.56. The summed E-state index contributed by atoms with van der Waals surface area (Å²) in [6, 6.07) is 11.3. The smallest absolute Gasteiger partial charge is 0.335 e. The first-order valence-electron chi connectivity index (χ1n) is 13.3. The van der Waals surface area contributed by atoms with Gasteiger partial charge in [-0.25, -0.2) is 9.18 Å². The second-order valence-corrected chi connectivity index (χ2v) is 11.8. The summed E-state index contributed by atoms with van der Waals surface area (Å²) in [5.41, 5.74) is 0.518. The predicted octanol–water partition coefficient (Wildman–Crippen LogP) is 5.96. The summed E-state index contributed by atoms with van der Waals surface area (Å²) in [5.74, 6) is -4.01. The van der Waals surface area contributed by atoms with Crippen LogP contribution in [0, 0.1) is 17.8 Å². The highest BCUT2D eigenvalue weighted by atomic mass is 35.5. The van der Waals surface area contributed by atoms with Gasteiger partial charge in [-0.15, -0.1) is 0 Å². The monoisotopic (exact) mass is 597 g/mol. The van der Waals surface area contributed by atoms with Crippen LogP contribution in [0.3, 0.4) is 0 Å². The predicted molar refractivity (Wildman–Crippen MR) is 156 cm³/mol. The van der Waals surface area contributed by atoms with Crippen molar-refractivity contribution in [2.75, 3.05) is 25.5 Å². The molecule has 1 unspecified atom stereocenters. The summed E-state index contributed by atoms with van der Waals surface area (Å²) in [7, 11) is 1.63. The van der Waals surface area contributed by atoms with Crippen LogP contribution in [0.2, 0.25) is 5.02 Å². The number of hydrogen-bond donors (Lipinski definition) is 2. The molecule has 0 aromatic heterocycles. The number of aromatic carboxylic acids is 1. The minimum absolute atomic E-state index is 0.141. The minimum atomic E-state index is -1.45. The summed E-state index contributed by atoms with van der Waals surface area (Å²) in [6.45, 7) is 4.52. The fourth-order valence-corrected chi connectivity index (χ4v) is 6.31. The Bertz CT molecular complexity index is 1470. The van der Waals surface area contributed by atoms with Crippen LogP contribution in [-0.4, -0.2) is 52.8 Å². The first-order chi connectivity index (χ1) is 19.5. The average molecular weight is 599 g/mol. The number of nitrogens with zero attached hydrogens (tertiary/aromatic N) is 2. The molecule has 0 bridgehead atoms. The first-order valence-corrected chi connectivity index (χ1v) is 14.1. The molecule has 1 saturated carbocycles. The summed E-state index contributed by atoms with van der Waals surface area (Å²) in [5, 5.41) is 12.8. The topological polar surface area (TPSA) is 90.0 Å². The fraction of sp³-hybridized carbons (Fsp3) is 0.323. The van der Waals surface area contributed by atoms with E-state index in [-0.39, 0.29) is 29.6 Å². The molecular formula is C31H30Cl2FN3O4. The van der Waals surface area contributed by atoms with Gasteiger partial charge in [0.2, 0.25) is 11.8 Å². The van der Waals surface area contributed by atoms with Crippen LogP contribution in [0.15, 0.2) is 78.1 Å². The number of rotatable bonds is 9. The molecule has 1 spiro atoms. The highest BCUT2D eigenvalue weighted by Gasteiger charge is 2.66. The number of halogens is 3. The van der Waals surface area contributed by atoms with Gasteiger partial charge in [0.25, 0.3) is 0 Å². The number of carbonyl (C=O) groups is 3. The van der Waals surface area contributed by atoms with Gasteiger partial charge in [0.1, 0.15) is 11.4 Å². The van der Waals surface area contributed by atoms with Crippen molar-refractivity contribution in [2.45, 2.75) is 24.9 Å². The lowest BCUT2D eigenvalue weighted by Gasteiger charge is -2.37. The molecule has 10 heteroatoms. The highest BCUT2D eigenvalue weighted by molar-refractivity contribution is 6.31. The van der Waals surface area contributed by atoms with Crippen LogP contribution in [0.4, 0.5) is 10.1 Å². The van der Waals surface area contributed by atoms with Crippen molar-refractivity contribution in [3.05, 3.63) is 99.8 Å². The minimum Gasteiger partial charge on any atom is -0.478 e. The molecule has 7 nitrogen and oxygen atoms in total. The number of nitrogens with one attached hydrogen (secondary N) is 1. The van der Waals surface area contributed by atoms with Gasteiger partial charge in [-0.3, -0.25) is 14.5 Å². The maximum Gasteiger partial charge on any atom is 0.335 e. The van der Waals surface area contributed by atoms with Crippen LogP contribution in [-0.2, 0) is 21.7 Å². The number of carboxylic acid groups (broad SMARTS) is 1. The van der Waals surface area contributed by atoms with Gasteiger partial charge in [0.15, 0.2) is 0 Å². The number of carbonyl (C=O) groups excluding carboxylic acids is 2. The molecule has 1 saturated heterocycles. The van der Waals surface area contributed by atoms with E-state index >= 15 is 4.39 Å². The van der Waals surface area contributed by atoms with Gasteiger partial charge in [-0.1, -0.05) is 54.1 Å². The largest absolute Gasteiger partial charge is 0.478 e. The molecule has 2 N–H and O–H groups in total. The standard InChI is InChI=1S/C31H30Cl2FN3O4/c1-18(32)4-3-5-25(34)27-23(28(38)36(2)15-19-8-10-21(11-9-19)29(39)40)17-37(16-20-6-7-20)31(27)24-13-12-22(33)14-26(24)35-30(31)41/h3-5,8-14,20,23,27H,1,6-7,15-17H2,2H3,(H,35,41)(H,39,40)/b4-3-,25-5-/t23-,27?,31-/m1/s1. The van der Waals surface area contributed by atoms with Crippen molar-refractivity contribution >= 4 is 46.7 Å². The number of carboxylic acids is 1. The molecule has 1 aliphatic carbocycles. The van der Waals surface area contributed by atoms with Crippen LogP contribution < -0.4 is 5.32 Å². The van der Waals surface area contributed by atoms with E-state index in [1.54, 1.807) is 37.4 Å². The second-order valence-electron chi connectivity index (χ2n) is 10.9. The maximum atomic E-state index is 16.4. The molecule has 3 aliphatic rings. The number of allylic oxidation sites excluding steroid dienone is 4. The molecule has 2 aliphatic heterocycles. The van der Waals surface area contributed by atoms with Gasteiger partial charge in [0.05, 0.1) is 17.4 Å². The molecular weight excluding hydrogens is 568 g/mol. The average Bonchev–Trinajstić information content (AvgIpc) is 3.61. The van der Waals surface area contributed by atoms with Crippen molar-refractivity contribution in [3.63, 3.8) is 0 Å². The molecule has 2 heterocycles. The van der Waals surface area contributed by atoms with E-state index in [0.29, 0.717) is 28.7 Å². The summed E-state index contributed by atoms with van der Waals surface area (Å²) < 4.78 is 16.4. The van der Waals surface area contributed by atoms with Gasteiger partial charge in [-0.2, -0.15) is 0 Å². The zero-order valence-corrected chi connectivity index (χ0v) is 24.0. The SMILES string of the molecule is C=C(Cl)/C=C\C=C(/F)C1[C@H](C(=O)N(C)Cc2ccc(C(=O)O)cc2)CN(CC2CC2)[C@@]12C(=O)Nc1cc(Cl)ccc12. The van der Waals surface area contributed by atoms with E-state index in [4.69, 9.17) is 23.2 Å². The lowest BCUT2D eigenvalue weighted by Crippen LogP contribution is -2.52. The van der Waals surface area contributed by atoms with E-state index in [0.717, 1.165) is 18.4 Å². The molecule has 41 heavy (non-hydrogen) atoms. The van der Waals surface area contributed by atoms with E-state index in [9.17, 15) is 19.5 Å². The molecule has 2 aromatic rings. The van der Waals surface area contributed by atoms with E-state index in [1.165, 1.54) is 35.3 Å². The molecule has 0 radical (unpaired) electrons. The van der Waals surface area contributed by atoms with E-state index in [2.05, 4.69) is 11.9 Å². The van der Waals surface area contributed by atoms with Crippen LogP contribution in [0.25, 0.3) is 0 Å². The number of anilines is 1. The summed E-state index contributed by atoms with van der Waals surface area (Å²) >= 11 is 12.1. The van der Waals surface area contributed by atoms with Crippen LogP contribution in [0.5, 0.6) is 0 Å². The van der Waals surface area contributed by atoms with Crippen molar-refractivity contribution < 1.29 is 23.9 Å². The Morgan fingerprint density at radius 1 is 1.24 bits per heavy atom. The Morgan fingerprint density at radius 2 is 1.95 bits per heavy atom. The highest BCUT2D eigenvalue weighted by Crippen LogP contribution is 2.57. The van der Waals surface area contributed by atoms with Gasteiger partial charge < -0.3 is 15.3 Å². The number of amides is 2. The molecule has 5 rings (SSSR count). The fourth-order valence-electron chi connectivity index (χ4n) is 6.07. The van der Waals surface area contributed by atoms with Crippen molar-refractivity contribution in [1.82, 2.24) is 9.80 Å². The quantitative estimate of drug-likeness (QED) is 0.348. The molecule has 2 fully saturated rings. The lowest BCUT2D eigenvalue weighted by molar-refractivity contribution is -0.136. The van der Waals surface area contributed by atoms with Gasteiger partial charge in [0, 0.05) is 48.0 Å². The van der Waals surface area contributed by atoms with Crippen LogP contribution >= 0.6 is 23.2 Å². The van der Waals surface area contributed by atoms with Gasteiger partial charge in [-0.05, 0) is 60.7 Å². The summed E-state index contributed by atoms with van der Waals surface area (Å²) in [6.07, 6.45) is 6.13. The van der Waals surface area contributed by atoms with Crippen molar-refractivity contribution in [3.8, 4) is 0 Å². The number of fused-ring (bicyclic) bond motifs is 2. The summed E-state index contributed by atoms with van der Waals surface area (Å²) in [4.78, 5) is 42.8. The Morgan fingerprint density at radius 3 is 2.59 bits per heavy atom. The van der Waals surface area contributed by atoms with E-state index in [1.807, 2.05) is 4.90 Å². The Kier molecular flexibility index (Phi) is 8.10. The Labute approximate surface area is 247 Å². The van der Waals surface area contributed by atoms with Crippen molar-refractivity contribution in [1.29, 1.82) is 0 Å². The van der Waals surface area contributed by atoms with Crippen LogP contribution in [0.1, 0.15) is 34.3 Å². The van der Waals surface area contributed by atoms with Crippen molar-refractivity contribution in [2.24, 2.45) is 17.8 Å². The Hall–Kier alpha value is -3.46. The molecule has 2 aromatic carbocycles. The second kappa shape index (κ2) is 11.4. The number of hydrogen-bond acceptors (Lipinski definition) is 4. The first kappa shape index (κ1) is 29.0. The molecule has 214 valence electrons.